The fraction of sp³-hybridized carbons (Fsp3) is 0.346. The monoisotopic (exact) mass is 370 g/mol. The van der Waals surface area contributed by atoms with Crippen LogP contribution in [-0.2, 0) is 0 Å². The molecule has 0 amide bonds. The van der Waals surface area contributed by atoms with E-state index < -0.39 is 8.41 Å². The summed E-state index contributed by atoms with van der Waals surface area (Å²) in [7, 11) is -0.815. The third-order valence-corrected chi connectivity index (χ3v) is 9.61. The Bertz CT molecular complexity index is 1180. The first-order valence-electron chi connectivity index (χ1n) is 10.0. The topological polar surface area (TPSA) is 0 Å². The van der Waals surface area contributed by atoms with E-state index in [0.717, 1.165) is 6.42 Å². The maximum atomic E-state index is 2.47. The summed E-state index contributed by atoms with van der Waals surface area (Å²) in [6, 6.07) is 13.7. The molecular formula is C26H30Si. The van der Waals surface area contributed by atoms with Crippen molar-refractivity contribution in [3.05, 3.63) is 86.2 Å². The molecule has 0 bridgehead atoms. The van der Waals surface area contributed by atoms with E-state index in [1.807, 2.05) is 0 Å². The van der Waals surface area contributed by atoms with Crippen molar-refractivity contribution in [3.63, 3.8) is 0 Å². The van der Waals surface area contributed by atoms with Gasteiger partial charge in [0.05, 0.1) is 0 Å². The Labute approximate surface area is 164 Å². The second-order valence-corrected chi connectivity index (χ2v) is 14.2. The lowest BCUT2D eigenvalue weighted by Gasteiger charge is -2.34. The zero-order valence-corrected chi connectivity index (χ0v) is 18.5. The molecule has 0 spiro atoms. The summed E-state index contributed by atoms with van der Waals surface area (Å²) in [4.78, 5) is 1.61. The summed E-state index contributed by atoms with van der Waals surface area (Å²) in [5.41, 5.74) is 4.45. The van der Waals surface area contributed by atoms with Crippen LogP contribution in [0.5, 0.6) is 0 Å². The molecular weight excluding hydrogens is 340 g/mol. The van der Waals surface area contributed by atoms with Gasteiger partial charge in [0, 0.05) is 8.41 Å². The molecule has 2 aromatic rings. The van der Waals surface area contributed by atoms with Crippen molar-refractivity contribution in [1.29, 1.82) is 0 Å². The summed E-state index contributed by atoms with van der Waals surface area (Å²) in [6.45, 7) is 14.6. The van der Waals surface area contributed by atoms with E-state index in [1.54, 1.807) is 4.81 Å². The van der Waals surface area contributed by atoms with Crippen molar-refractivity contribution in [2.75, 3.05) is 0 Å². The second-order valence-electron chi connectivity index (χ2n) is 9.88. The van der Waals surface area contributed by atoms with Gasteiger partial charge in [-0.1, -0.05) is 96.2 Å². The van der Waals surface area contributed by atoms with Crippen LogP contribution in [0.1, 0.15) is 59.1 Å². The normalized spacial score (nSPS) is 15.3. The lowest BCUT2D eigenvalue weighted by Crippen LogP contribution is -2.28. The zero-order valence-electron chi connectivity index (χ0n) is 17.5. The molecule has 1 heteroatoms. The van der Waals surface area contributed by atoms with Crippen LogP contribution in [0.15, 0.2) is 54.6 Å². The third kappa shape index (κ3) is 3.12. The van der Waals surface area contributed by atoms with E-state index in [-0.39, 0.29) is 0 Å². The number of rotatable bonds is 1. The van der Waals surface area contributed by atoms with Gasteiger partial charge >= 0.3 is 0 Å². The third-order valence-electron chi connectivity index (χ3n) is 5.66. The molecule has 0 radical (unpaired) electrons. The Morgan fingerprint density at radius 1 is 0.815 bits per heavy atom. The molecule has 2 aliphatic rings. The molecule has 138 valence electrons. The lowest BCUT2D eigenvalue weighted by molar-refractivity contribution is 0.658. The van der Waals surface area contributed by atoms with Gasteiger partial charge in [-0.15, -0.1) is 0 Å². The van der Waals surface area contributed by atoms with E-state index in [2.05, 4.69) is 102 Å². The van der Waals surface area contributed by atoms with E-state index in [1.165, 1.54) is 32.4 Å². The molecule has 0 saturated carbocycles. The standard InChI is InChI=1S/C26H30Si/c1-25(2,3)27(26(4,5)6)23-16-15-21-20-14-10-9-13-19(20)17-22(21)24(23)18-11-7-8-12-18/h7-11,13-17H,12H2,1-6H3. The highest BCUT2D eigenvalue weighted by Crippen LogP contribution is 2.41. The largest absolute Gasteiger partial charge is 0.0801 e. The van der Waals surface area contributed by atoms with Crippen LogP contribution in [0.3, 0.4) is 0 Å². The van der Waals surface area contributed by atoms with Crippen molar-refractivity contribution >= 4 is 20.1 Å². The average molecular weight is 371 g/mol. The minimum absolute atomic E-state index is 0.296. The van der Waals surface area contributed by atoms with Gasteiger partial charge in [0.2, 0.25) is 0 Å². The Balaban J connectivity index is 2.23. The predicted molar refractivity (Wildman–Crippen MR) is 120 cm³/mol. The fourth-order valence-electron chi connectivity index (χ4n) is 5.15. The van der Waals surface area contributed by atoms with E-state index in [9.17, 15) is 0 Å². The molecule has 0 heterocycles. The Kier molecular flexibility index (Phi) is 4.27. The minimum Gasteiger partial charge on any atom is -0.0801 e. The molecule has 0 fully saturated rings. The number of hydrogen-bond acceptors (Lipinski definition) is 0. The van der Waals surface area contributed by atoms with Gasteiger partial charge in [-0.05, 0) is 59.7 Å². The van der Waals surface area contributed by atoms with E-state index >= 15 is 0 Å². The van der Waals surface area contributed by atoms with Crippen molar-refractivity contribution < 1.29 is 0 Å². The summed E-state index contributed by atoms with van der Waals surface area (Å²) in [5, 5.41) is 4.74. The van der Waals surface area contributed by atoms with Crippen LogP contribution >= 0.6 is 0 Å². The smallest absolute Gasteiger partial charge is 0.0315 e. The molecule has 0 aromatic heterocycles. The van der Waals surface area contributed by atoms with Crippen molar-refractivity contribution in [3.8, 4) is 0 Å². The van der Waals surface area contributed by atoms with Gasteiger partial charge in [0.15, 0.2) is 0 Å². The van der Waals surface area contributed by atoms with Crippen molar-refractivity contribution in [2.45, 2.75) is 58.0 Å². The molecule has 2 aromatic carbocycles. The fourth-order valence-corrected chi connectivity index (χ4v) is 9.81. The highest BCUT2D eigenvalue weighted by atomic mass is 28.2. The van der Waals surface area contributed by atoms with Crippen LogP contribution in [0.4, 0.5) is 0 Å². The summed E-state index contributed by atoms with van der Waals surface area (Å²) in [6.07, 6.45) is 10.3. The number of allylic oxidation sites excluding steroid dienone is 4. The Morgan fingerprint density at radius 2 is 1.52 bits per heavy atom. The van der Waals surface area contributed by atoms with Crippen LogP contribution in [0.25, 0.3) is 11.6 Å². The van der Waals surface area contributed by atoms with E-state index in [0.29, 0.717) is 10.1 Å². The van der Waals surface area contributed by atoms with Crippen LogP contribution in [0.2, 0.25) is 10.1 Å². The predicted octanol–water partition coefficient (Wildman–Crippen LogP) is 6.39. The van der Waals surface area contributed by atoms with Gasteiger partial charge in [0.1, 0.15) is 0 Å². The van der Waals surface area contributed by atoms with Gasteiger partial charge < -0.3 is 0 Å². The van der Waals surface area contributed by atoms with Gasteiger partial charge in [-0.2, -0.15) is 0 Å². The van der Waals surface area contributed by atoms with Crippen LogP contribution < -0.4 is 5.22 Å². The van der Waals surface area contributed by atoms with Gasteiger partial charge in [-0.3, -0.25) is 0 Å². The SMILES string of the molecule is CC(C)(C)[Si](=c1ccc2c(c1C1=CC=CC1)C=c1ccccc1=2)C(C)(C)C. The summed E-state index contributed by atoms with van der Waals surface area (Å²) in [5.74, 6) is 0. The van der Waals surface area contributed by atoms with Crippen LogP contribution in [0, 0.1) is 15.3 Å². The van der Waals surface area contributed by atoms with Gasteiger partial charge in [-0.25, -0.2) is 0 Å². The molecule has 27 heavy (non-hydrogen) atoms. The first kappa shape index (κ1) is 18.4. The first-order valence-corrected chi connectivity index (χ1v) is 11.5. The highest BCUT2D eigenvalue weighted by molar-refractivity contribution is 6.57. The molecule has 0 aliphatic heterocycles. The maximum absolute atomic E-state index is 2.47. The number of hydrogen-bond donors (Lipinski definition) is 0. The zero-order chi connectivity index (χ0) is 19.4. The maximum Gasteiger partial charge on any atom is 0.0315 e. The molecule has 0 N–H and O–H groups in total. The molecule has 4 rings (SSSR count). The minimum atomic E-state index is -0.815. The summed E-state index contributed by atoms with van der Waals surface area (Å²) >= 11 is 0. The molecule has 2 aliphatic carbocycles. The Morgan fingerprint density at radius 3 is 2.15 bits per heavy atom. The Hall–Kier alpha value is -1.99. The first-order chi connectivity index (χ1) is 12.7. The number of benzene rings is 2. The second kappa shape index (κ2) is 6.27. The average Bonchev–Trinajstić information content (AvgIpc) is 3.19. The summed E-state index contributed by atoms with van der Waals surface area (Å²) < 4.78 is 0. The number of fused-ring (bicyclic) bond motifs is 2. The molecule has 0 nitrogen and oxygen atoms in total. The van der Waals surface area contributed by atoms with E-state index in [4.69, 9.17) is 0 Å². The molecule has 0 saturated heterocycles. The molecule has 0 unspecified atom stereocenters. The lowest BCUT2D eigenvalue weighted by atomic mass is 9.98. The highest BCUT2D eigenvalue weighted by Gasteiger charge is 2.31. The van der Waals surface area contributed by atoms with Gasteiger partial charge in [0.25, 0.3) is 0 Å². The molecule has 0 atom stereocenters. The van der Waals surface area contributed by atoms with Crippen LogP contribution in [-0.4, -0.2) is 8.41 Å². The quantitative estimate of drug-likeness (QED) is 0.436. The van der Waals surface area contributed by atoms with Crippen molar-refractivity contribution in [1.82, 2.24) is 0 Å². The van der Waals surface area contributed by atoms with Crippen molar-refractivity contribution in [2.24, 2.45) is 0 Å².